The number of thioether (sulfide) groups is 1. The zero-order chi connectivity index (χ0) is 12.8. The van der Waals surface area contributed by atoms with Gasteiger partial charge in [-0.25, -0.2) is 0 Å². The molecule has 4 heteroatoms. The molecule has 1 aliphatic rings. The van der Waals surface area contributed by atoms with Gasteiger partial charge in [-0.15, -0.1) is 11.8 Å². The molecule has 1 saturated heterocycles. The van der Waals surface area contributed by atoms with E-state index in [0.29, 0.717) is 11.8 Å². The summed E-state index contributed by atoms with van der Waals surface area (Å²) in [5.41, 5.74) is 0. The highest BCUT2D eigenvalue weighted by molar-refractivity contribution is 8.00. The van der Waals surface area contributed by atoms with Gasteiger partial charge in [0.15, 0.2) is 0 Å². The van der Waals surface area contributed by atoms with Gasteiger partial charge in [0.2, 0.25) is 5.91 Å². The molecular formula is C14H20N2OS. The summed E-state index contributed by atoms with van der Waals surface area (Å²) >= 11 is 1.62. The predicted molar refractivity (Wildman–Crippen MR) is 75.8 cm³/mol. The second kappa shape index (κ2) is 6.81. The van der Waals surface area contributed by atoms with Gasteiger partial charge in [-0.05, 0) is 18.6 Å². The van der Waals surface area contributed by atoms with Crippen molar-refractivity contribution in [3.05, 3.63) is 30.3 Å². The van der Waals surface area contributed by atoms with Gasteiger partial charge >= 0.3 is 0 Å². The van der Waals surface area contributed by atoms with Gasteiger partial charge < -0.3 is 10.2 Å². The van der Waals surface area contributed by atoms with Crippen LogP contribution in [0.25, 0.3) is 0 Å². The van der Waals surface area contributed by atoms with E-state index in [1.807, 2.05) is 35.2 Å². The molecule has 1 fully saturated rings. The SMILES string of the molecule is CCCN(C(=O)CSc1ccccc1)C1CNC1. The average molecular weight is 264 g/mol. The van der Waals surface area contributed by atoms with Crippen molar-refractivity contribution in [2.75, 3.05) is 25.4 Å². The molecule has 18 heavy (non-hydrogen) atoms. The van der Waals surface area contributed by atoms with E-state index in [0.717, 1.165) is 31.0 Å². The zero-order valence-corrected chi connectivity index (χ0v) is 11.6. The molecule has 0 unspecified atom stereocenters. The Morgan fingerprint density at radius 3 is 2.67 bits per heavy atom. The number of hydrogen-bond acceptors (Lipinski definition) is 3. The first kappa shape index (κ1) is 13.4. The second-order valence-corrected chi connectivity index (χ2v) is 5.55. The summed E-state index contributed by atoms with van der Waals surface area (Å²) in [5.74, 6) is 0.803. The van der Waals surface area contributed by atoms with E-state index in [2.05, 4.69) is 12.2 Å². The molecule has 1 heterocycles. The van der Waals surface area contributed by atoms with Crippen molar-refractivity contribution in [3.8, 4) is 0 Å². The van der Waals surface area contributed by atoms with Gasteiger partial charge in [-0.1, -0.05) is 25.1 Å². The third-order valence-electron chi connectivity index (χ3n) is 3.09. The van der Waals surface area contributed by atoms with Crippen LogP contribution in [0.1, 0.15) is 13.3 Å². The maximum atomic E-state index is 12.2. The molecule has 1 aliphatic heterocycles. The molecule has 98 valence electrons. The smallest absolute Gasteiger partial charge is 0.233 e. The fraction of sp³-hybridized carbons (Fsp3) is 0.500. The highest BCUT2D eigenvalue weighted by atomic mass is 32.2. The van der Waals surface area contributed by atoms with Gasteiger partial charge in [-0.2, -0.15) is 0 Å². The van der Waals surface area contributed by atoms with Gasteiger partial charge in [0.1, 0.15) is 0 Å². The third-order valence-corrected chi connectivity index (χ3v) is 4.09. The van der Waals surface area contributed by atoms with Crippen molar-refractivity contribution < 1.29 is 4.79 Å². The Kier molecular flexibility index (Phi) is 5.08. The Balaban J connectivity index is 1.85. The Bertz CT molecular complexity index is 379. The standard InChI is InChI=1S/C14H20N2OS/c1-2-8-16(12-9-15-10-12)14(17)11-18-13-6-4-3-5-7-13/h3-7,12,15H,2,8-11H2,1H3. The predicted octanol–water partition coefficient (Wildman–Crippen LogP) is 1.99. The summed E-state index contributed by atoms with van der Waals surface area (Å²) < 4.78 is 0. The number of benzene rings is 1. The van der Waals surface area contributed by atoms with E-state index in [-0.39, 0.29) is 5.91 Å². The van der Waals surface area contributed by atoms with Crippen LogP contribution in [-0.2, 0) is 4.79 Å². The molecule has 0 aliphatic carbocycles. The van der Waals surface area contributed by atoms with E-state index in [1.54, 1.807) is 11.8 Å². The molecule has 0 atom stereocenters. The Morgan fingerprint density at radius 1 is 1.39 bits per heavy atom. The lowest BCUT2D eigenvalue weighted by molar-refractivity contribution is -0.131. The van der Waals surface area contributed by atoms with E-state index in [9.17, 15) is 4.79 Å². The summed E-state index contributed by atoms with van der Waals surface area (Å²) in [6, 6.07) is 10.5. The number of hydrogen-bond donors (Lipinski definition) is 1. The van der Waals surface area contributed by atoms with E-state index in [1.165, 1.54) is 0 Å². The van der Waals surface area contributed by atoms with Gasteiger partial charge in [0, 0.05) is 24.5 Å². The summed E-state index contributed by atoms with van der Waals surface area (Å²) in [7, 11) is 0. The summed E-state index contributed by atoms with van der Waals surface area (Å²) in [6.07, 6.45) is 1.03. The van der Waals surface area contributed by atoms with Crippen LogP contribution in [0, 0.1) is 0 Å². The molecule has 1 aromatic carbocycles. The molecule has 1 N–H and O–H groups in total. The lowest BCUT2D eigenvalue weighted by Crippen LogP contribution is -2.59. The van der Waals surface area contributed by atoms with Crippen LogP contribution in [-0.4, -0.2) is 42.2 Å². The molecular weight excluding hydrogens is 244 g/mol. The normalized spacial score (nSPS) is 15.2. The highest BCUT2D eigenvalue weighted by Gasteiger charge is 2.27. The summed E-state index contributed by atoms with van der Waals surface area (Å²) in [6.45, 7) is 4.89. The topological polar surface area (TPSA) is 32.3 Å². The number of carbonyl (C=O) groups is 1. The molecule has 3 nitrogen and oxygen atoms in total. The van der Waals surface area contributed by atoms with Gasteiger partial charge in [-0.3, -0.25) is 4.79 Å². The van der Waals surface area contributed by atoms with Crippen molar-refractivity contribution in [2.45, 2.75) is 24.3 Å². The van der Waals surface area contributed by atoms with Crippen LogP contribution in [0.15, 0.2) is 35.2 Å². The van der Waals surface area contributed by atoms with Crippen LogP contribution in [0.4, 0.5) is 0 Å². The van der Waals surface area contributed by atoms with Crippen molar-refractivity contribution >= 4 is 17.7 Å². The zero-order valence-electron chi connectivity index (χ0n) is 10.8. The molecule has 0 aromatic heterocycles. The summed E-state index contributed by atoms with van der Waals surface area (Å²) in [5, 5.41) is 3.23. The van der Waals surface area contributed by atoms with Crippen LogP contribution < -0.4 is 5.32 Å². The fourth-order valence-corrected chi connectivity index (χ4v) is 2.80. The van der Waals surface area contributed by atoms with E-state index < -0.39 is 0 Å². The van der Waals surface area contributed by atoms with Crippen LogP contribution in [0.2, 0.25) is 0 Å². The Morgan fingerprint density at radius 2 is 2.11 bits per heavy atom. The lowest BCUT2D eigenvalue weighted by Gasteiger charge is -2.38. The molecule has 1 amide bonds. The fourth-order valence-electron chi connectivity index (χ4n) is 1.99. The first-order chi connectivity index (χ1) is 8.81. The van der Waals surface area contributed by atoms with Crippen molar-refractivity contribution in [2.24, 2.45) is 0 Å². The average Bonchev–Trinajstić information content (AvgIpc) is 2.34. The molecule has 0 bridgehead atoms. The quantitative estimate of drug-likeness (QED) is 0.798. The molecule has 0 saturated carbocycles. The van der Waals surface area contributed by atoms with Crippen molar-refractivity contribution in [3.63, 3.8) is 0 Å². The molecule has 1 aromatic rings. The number of nitrogens with one attached hydrogen (secondary N) is 1. The minimum atomic E-state index is 0.261. The maximum Gasteiger partial charge on any atom is 0.233 e. The molecule has 0 radical (unpaired) electrons. The Labute approximate surface area is 113 Å². The van der Waals surface area contributed by atoms with Crippen molar-refractivity contribution in [1.29, 1.82) is 0 Å². The monoisotopic (exact) mass is 264 g/mol. The first-order valence-corrected chi connectivity index (χ1v) is 7.48. The minimum absolute atomic E-state index is 0.261. The molecule has 0 spiro atoms. The highest BCUT2D eigenvalue weighted by Crippen LogP contribution is 2.18. The van der Waals surface area contributed by atoms with Crippen LogP contribution >= 0.6 is 11.8 Å². The van der Waals surface area contributed by atoms with E-state index in [4.69, 9.17) is 0 Å². The third kappa shape index (κ3) is 3.50. The number of carbonyl (C=O) groups excluding carboxylic acids is 1. The summed E-state index contributed by atoms with van der Waals surface area (Å²) in [4.78, 5) is 15.4. The number of nitrogens with zero attached hydrogens (tertiary/aromatic N) is 1. The van der Waals surface area contributed by atoms with Crippen LogP contribution in [0.3, 0.4) is 0 Å². The number of rotatable bonds is 6. The van der Waals surface area contributed by atoms with Crippen molar-refractivity contribution in [1.82, 2.24) is 10.2 Å². The lowest BCUT2D eigenvalue weighted by atomic mass is 10.1. The molecule has 2 rings (SSSR count). The number of amides is 1. The van der Waals surface area contributed by atoms with Gasteiger partial charge in [0.05, 0.1) is 11.8 Å². The Hall–Kier alpha value is -1.00. The first-order valence-electron chi connectivity index (χ1n) is 6.49. The van der Waals surface area contributed by atoms with E-state index >= 15 is 0 Å². The minimum Gasteiger partial charge on any atom is -0.336 e. The second-order valence-electron chi connectivity index (χ2n) is 4.50. The van der Waals surface area contributed by atoms with Crippen LogP contribution in [0.5, 0.6) is 0 Å². The van der Waals surface area contributed by atoms with Gasteiger partial charge in [0.25, 0.3) is 0 Å². The maximum absolute atomic E-state index is 12.2. The largest absolute Gasteiger partial charge is 0.336 e.